The van der Waals surface area contributed by atoms with Crippen LogP contribution in [0.15, 0.2) is 22.7 Å². The lowest BCUT2D eigenvalue weighted by Crippen LogP contribution is -2.42. The average molecular weight is 337 g/mol. The minimum absolute atomic E-state index is 0.178. The van der Waals surface area contributed by atoms with E-state index in [1.807, 2.05) is 25.1 Å². The van der Waals surface area contributed by atoms with E-state index in [1.165, 1.54) is 12.8 Å². The number of rotatable bonds is 4. The average Bonchev–Trinajstić information content (AvgIpc) is 3.15. The van der Waals surface area contributed by atoms with Crippen molar-refractivity contribution in [1.29, 1.82) is 0 Å². The predicted molar refractivity (Wildman–Crippen MR) is 84.0 cm³/mol. The van der Waals surface area contributed by atoms with Gasteiger partial charge in [0.15, 0.2) is 0 Å². The second-order valence-electron chi connectivity index (χ2n) is 5.92. The molecule has 1 aliphatic carbocycles. The molecule has 0 radical (unpaired) electrons. The van der Waals surface area contributed by atoms with Crippen molar-refractivity contribution in [2.24, 2.45) is 0 Å². The standard InChI is InChI=1S/C16H21BrN2O/c1-11-4-2-6-14(15(11)17)16(20)19(13-7-8-13)10-12-5-3-9-18-12/h2,4,6,12-13,18H,3,5,7-10H2,1H3. The van der Waals surface area contributed by atoms with Gasteiger partial charge in [0.2, 0.25) is 0 Å². The molecule has 1 heterocycles. The molecule has 3 rings (SSSR count). The Hall–Kier alpha value is -0.870. The highest BCUT2D eigenvalue weighted by Crippen LogP contribution is 2.31. The van der Waals surface area contributed by atoms with Crippen LogP contribution in [0.1, 0.15) is 41.6 Å². The van der Waals surface area contributed by atoms with Crippen molar-refractivity contribution in [2.75, 3.05) is 13.1 Å². The summed E-state index contributed by atoms with van der Waals surface area (Å²) in [5.74, 6) is 0.178. The second kappa shape index (κ2) is 5.86. The molecule has 2 aliphatic rings. The molecule has 1 aliphatic heterocycles. The van der Waals surface area contributed by atoms with Crippen LogP contribution in [-0.2, 0) is 0 Å². The summed E-state index contributed by atoms with van der Waals surface area (Å²) in [4.78, 5) is 14.9. The summed E-state index contributed by atoms with van der Waals surface area (Å²) in [6.45, 7) is 3.97. The first-order valence-electron chi connectivity index (χ1n) is 7.46. The molecule has 2 fully saturated rings. The molecule has 1 amide bonds. The van der Waals surface area contributed by atoms with Gasteiger partial charge in [-0.15, -0.1) is 0 Å². The third kappa shape index (κ3) is 2.91. The number of halogens is 1. The van der Waals surface area contributed by atoms with Crippen LogP contribution < -0.4 is 5.32 Å². The maximum absolute atomic E-state index is 12.9. The Morgan fingerprint density at radius 2 is 2.20 bits per heavy atom. The van der Waals surface area contributed by atoms with Crippen molar-refractivity contribution in [3.63, 3.8) is 0 Å². The monoisotopic (exact) mass is 336 g/mol. The molecular formula is C16H21BrN2O. The van der Waals surface area contributed by atoms with Crippen LogP contribution in [0, 0.1) is 6.92 Å². The Bertz CT molecular complexity index is 507. The topological polar surface area (TPSA) is 32.3 Å². The van der Waals surface area contributed by atoms with Crippen LogP contribution in [-0.4, -0.2) is 36.0 Å². The van der Waals surface area contributed by atoms with Crippen LogP contribution in [0.25, 0.3) is 0 Å². The molecule has 1 saturated carbocycles. The van der Waals surface area contributed by atoms with Crippen molar-refractivity contribution in [2.45, 2.75) is 44.7 Å². The van der Waals surface area contributed by atoms with Gasteiger partial charge in [0.05, 0.1) is 5.56 Å². The molecule has 108 valence electrons. The number of carbonyl (C=O) groups excluding carboxylic acids is 1. The molecule has 0 bridgehead atoms. The van der Waals surface area contributed by atoms with Gasteiger partial charge < -0.3 is 10.2 Å². The summed E-state index contributed by atoms with van der Waals surface area (Å²) in [5.41, 5.74) is 1.92. The van der Waals surface area contributed by atoms with Gasteiger partial charge in [-0.05, 0) is 66.7 Å². The van der Waals surface area contributed by atoms with Crippen LogP contribution in [0.2, 0.25) is 0 Å². The van der Waals surface area contributed by atoms with Crippen LogP contribution in [0.3, 0.4) is 0 Å². The molecule has 4 heteroatoms. The van der Waals surface area contributed by atoms with Gasteiger partial charge in [-0.3, -0.25) is 4.79 Å². The number of hydrogen-bond donors (Lipinski definition) is 1. The second-order valence-corrected chi connectivity index (χ2v) is 6.71. The number of benzene rings is 1. The molecule has 1 atom stereocenters. The number of amides is 1. The third-order valence-electron chi connectivity index (χ3n) is 4.25. The molecular weight excluding hydrogens is 316 g/mol. The van der Waals surface area contributed by atoms with E-state index in [4.69, 9.17) is 0 Å². The first kappa shape index (κ1) is 14.1. The molecule has 20 heavy (non-hydrogen) atoms. The number of nitrogens with zero attached hydrogens (tertiary/aromatic N) is 1. The molecule has 3 nitrogen and oxygen atoms in total. The first-order valence-corrected chi connectivity index (χ1v) is 8.25. The smallest absolute Gasteiger partial charge is 0.255 e. The fourth-order valence-corrected chi connectivity index (χ4v) is 3.34. The van der Waals surface area contributed by atoms with Gasteiger partial charge in [-0.2, -0.15) is 0 Å². The van der Waals surface area contributed by atoms with Crippen LogP contribution >= 0.6 is 15.9 Å². The SMILES string of the molecule is Cc1cccc(C(=O)N(CC2CCCN2)C2CC2)c1Br. The molecule has 1 saturated heterocycles. The highest BCUT2D eigenvalue weighted by Gasteiger charge is 2.35. The zero-order valence-electron chi connectivity index (χ0n) is 11.9. The maximum atomic E-state index is 12.9. The van der Waals surface area contributed by atoms with Gasteiger partial charge in [-0.25, -0.2) is 0 Å². The minimum atomic E-state index is 0.178. The quantitative estimate of drug-likeness (QED) is 0.916. The van der Waals surface area contributed by atoms with Gasteiger partial charge in [0.25, 0.3) is 5.91 Å². The number of aryl methyl sites for hydroxylation is 1. The zero-order chi connectivity index (χ0) is 14.1. The Morgan fingerprint density at radius 1 is 1.40 bits per heavy atom. The lowest BCUT2D eigenvalue weighted by Gasteiger charge is -2.26. The van der Waals surface area contributed by atoms with E-state index in [2.05, 4.69) is 26.1 Å². The lowest BCUT2D eigenvalue weighted by molar-refractivity contribution is 0.0727. The normalized spacial score (nSPS) is 22.0. The number of carbonyl (C=O) groups is 1. The first-order chi connectivity index (χ1) is 9.66. The van der Waals surface area contributed by atoms with Crippen molar-refractivity contribution >= 4 is 21.8 Å². The van der Waals surface area contributed by atoms with Gasteiger partial charge in [-0.1, -0.05) is 12.1 Å². The molecule has 1 aromatic rings. The summed E-state index contributed by atoms with van der Waals surface area (Å²) in [5, 5.41) is 3.50. The number of nitrogens with one attached hydrogen (secondary N) is 1. The Morgan fingerprint density at radius 3 is 2.85 bits per heavy atom. The molecule has 1 N–H and O–H groups in total. The fourth-order valence-electron chi connectivity index (χ4n) is 2.90. The predicted octanol–water partition coefficient (Wildman–Crippen LogP) is 3.11. The fraction of sp³-hybridized carbons (Fsp3) is 0.562. The third-order valence-corrected chi connectivity index (χ3v) is 5.30. The highest BCUT2D eigenvalue weighted by atomic mass is 79.9. The summed E-state index contributed by atoms with van der Waals surface area (Å²) in [7, 11) is 0. The van der Waals surface area contributed by atoms with Crippen molar-refractivity contribution in [3.05, 3.63) is 33.8 Å². The van der Waals surface area contributed by atoms with E-state index >= 15 is 0 Å². The minimum Gasteiger partial charge on any atom is -0.334 e. The van der Waals surface area contributed by atoms with Crippen molar-refractivity contribution in [1.82, 2.24) is 10.2 Å². The number of hydrogen-bond acceptors (Lipinski definition) is 2. The summed E-state index contributed by atoms with van der Waals surface area (Å²) in [6.07, 6.45) is 4.72. The van der Waals surface area contributed by atoms with Crippen molar-refractivity contribution < 1.29 is 4.79 Å². The summed E-state index contributed by atoms with van der Waals surface area (Å²) < 4.78 is 0.940. The van der Waals surface area contributed by atoms with Crippen LogP contribution in [0.5, 0.6) is 0 Å². The van der Waals surface area contributed by atoms with E-state index in [1.54, 1.807) is 0 Å². The Balaban J connectivity index is 1.79. The molecule has 1 unspecified atom stereocenters. The van der Waals surface area contributed by atoms with E-state index in [0.29, 0.717) is 12.1 Å². The maximum Gasteiger partial charge on any atom is 0.255 e. The highest BCUT2D eigenvalue weighted by molar-refractivity contribution is 9.10. The van der Waals surface area contributed by atoms with E-state index in [0.717, 1.165) is 41.5 Å². The van der Waals surface area contributed by atoms with Gasteiger partial charge >= 0.3 is 0 Å². The van der Waals surface area contributed by atoms with E-state index in [9.17, 15) is 4.79 Å². The van der Waals surface area contributed by atoms with Gasteiger partial charge in [0, 0.05) is 23.1 Å². The molecule has 1 aromatic carbocycles. The Labute approximate surface area is 128 Å². The van der Waals surface area contributed by atoms with Gasteiger partial charge in [0.1, 0.15) is 0 Å². The molecule has 0 spiro atoms. The zero-order valence-corrected chi connectivity index (χ0v) is 13.4. The lowest BCUT2D eigenvalue weighted by atomic mass is 10.1. The van der Waals surface area contributed by atoms with Crippen molar-refractivity contribution in [3.8, 4) is 0 Å². The summed E-state index contributed by atoms with van der Waals surface area (Å²) >= 11 is 3.57. The summed E-state index contributed by atoms with van der Waals surface area (Å²) in [6, 6.07) is 6.85. The van der Waals surface area contributed by atoms with E-state index in [-0.39, 0.29) is 5.91 Å². The molecule has 0 aromatic heterocycles. The Kier molecular flexibility index (Phi) is 4.13. The van der Waals surface area contributed by atoms with Crippen LogP contribution in [0.4, 0.5) is 0 Å². The largest absolute Gasteiger partial charge is 0.334 e. The van der Waals surface area contributed by atoms with E-state index < -0.39 is 0 Å².